The molecule has 7 nitrogen and oxygen atoms in total. The number of carbonyl (C=O) groups is 1. The molecule has 0 atom stereocenters. The molecule has 2 aromatic rings. The highest BCUT2D eigenvalue weighted by Gasteiger charge is 2.16. The Morgan fingerprint density at radius 3 is 2.22 bits per heavy atom. The zero-order valence-corrected chi connectivity index (χ0v) is 14.9. The van der Waals surface area contributed by atoms with Gasteiger partial charge in [-0.05, 0) is 24.3 Å². The second-order valence-electron chi connectivity index (χ2n) is 5.03. The summed E-state index contributed by atoms with van der Waals surface area (Å²) in [5.41, 5.74) is 2.79. The number of rotatable bonds is 8. The first-order valence-corrected chi connectivity index (χ1v) is 7.67. The summed E-state index contributed by atoms with van der Waals surface area (Å²) >= 11 is 0. The van der Waals surface area contributed by atoms with Crippen molar-refractivity contribution < 1.29 is 32.5 Å². The average molecular weight is 380 g/mol. The number of hydrogen-bond acceptors (Lipinski definition) is 6. The maximum absolute atomic E-state index is 12.4. The lowest BCUT2D eigenvalue weighted by Crippen LogP contribution is -2.18. The van der Waals surface area contributed by atoms with E-state index in [-0.39, 0.29) is 16.9 Å². The number of amides is 1. The van der Waals surface area contributed by atoms with Crippen molar-refractivity contribution in [3.05, 3.63) is 47.5 Å². The predicted octanol–water partition coefficient (Wildman–Crippen LogP) is 3.08. The van der Waals surface area contributed by atoms with E-state index in [1.165, 1.54) is 51.8 Å². The van der Waals surface area contributed by atoms with Crippen LogP contribution in [0.15, 0.2) is 41.5 Å². The third-order valence-corrected chi connectivity index (χ3v) is 3.43. The van der Waals surface area contributed by atoms with Gasteiger partial charge in [0.1, 0.15) is 5.75 Å². The van der Waals surface area contributed by atoms with Crippen molar-refractivity contribution in [1.29, 1.82) is 0 Å². The lowest BCUT2D eigenvalue weighted by atomic mass is 10.1. The largest absolute Gasteiger partial charge is 0.493 e. The van der Waals surface area contributed by atoms with E-state index in [0.717, 1.165) is 0 Å². The van der Waals surface area contributed by atoms with Crippen molar-refractivity contribution in [2.24, 2.45) is 5.10 Å². The molecule has 0 saturated carbocycles. The lowest BCUT2D eigenvalue weighted by Gasteiger charge is -2.13. The van der Waals surface area contributed by atoms with E-state index in [1.807, 2.05) is 0 Å². The molecule has 9 heteroatoms. The summed E-state index contributed by atoms with van der Waals surface area (Å²) in [6.45, 7) is -2.96. The Labute approximate surface area is 154 Å². The Balaban J connectivity index is 2.18. The molecule has 0 heterocycles. The Morgan fingerprint density at radius 1 is 1.04 bits per heavy atom. The second kappa shape index (κ2) is 9.37. The number of benzene rings is 2. The first-order valence-electron chi connectivity index (χ1n) is 7.67. The smallest absolute Gasteiger partial charge is 0.387 e. The Morgan fingerprint density at radius 2 is 1.67 bits per heavy atom. The summed E-state index contributed by atoms with van der Waals surface area (Å²) in [7, 11) is 4.30. The van der Waals surface area contributed by atoms with Crippen LogP contribution >= 0.6 is 0 Å². The minimum Gasteiger partial charge on any atom is -0.493 e. The number of halogens is 2. The SMILES string of the molecule is COc1cc(C(=O)NN=Cc2ccccc2OC(F)F)cc(OC)c1OC. The number of nitrogens with one attached hydrogen (secondary N) is 1. The number of alkyl halides is 2. The molecule has 144 valence electrons. The third-order valence-electron chi connectivity index (χ3n) is 3.43. The van der Waals surface area contributed by atoms with Gasteiger partial charge in [0.2, 0.25) is 5.75 Å². The van der Waals surface area contributed by atoms with Crippen molar-refractivity contribution >= 4 is 12.1 Å². The summed E-state index contributed by atoms with van der Waals surface area (Å²) in [4.78, 5) is 12.3. The Kier molecular flexibility index (Phi) is 6.93. The van der Waals surface area contributed by atoms with Gasteiger partial charge >= 0.3 is 6.61 Å². The van der Waals surface area contributed by atoms with Crippen LogP contribution in [0.5, 0.6) is 23.0 Å². The highest BCUT2D eigenvalue weighted by atomic mass is 19.3. The Hall–Kier alpha value is -3.36. The van der Waals surface area contributed by atoms with Gasteiger partial charge in [-0.3, -0.25) is 4.79 Å². The molecule has 2 rings (SSSR count). The van der Waals surface area contributed by atoms with Gasteiger partial charge in [-0.25, -0.2) is 5.43 Å². The van der Waals surface area contributed by atoms with Crippen molar-refractivity contribution in [3.63, 3.8) is 0 Å². The topological polar surface area (TPSA) is 78.4 Å². The van der Waals surface area contributed by atoms with Gasteiger partial charge in [-0.1, -0.05) is 12.1 Å². The first kappa shape index (κ1) is 20.0. The summed E-state index contributed by atoms with van der Waals surface area (Å²) in [6, 6.07) is 8.98. The number of hydrazone groups is 1. The molecule has 0 aliphatic carbocycles. The second-order valence-corrected chi connectivity index (χ2v) is 5.03. The van der Waals surface area contributed by atoms with Crippen LogP contribution in [0.3, 0.4) is 0 Å². The zero-order valence-electron chi connectivity index (χ0n) is 14.9. The molecule has 1 amide bonds. The van der Waals surface area contributed by atoms with E-state index in [4.69, 9.17) is 14.2 Å². The molecular formula is C18H18F2N2O5. The van der Waals surface area contributed by atoms with E-state index in [9.17, 15) is 13.6 Å². The molecule has 0 fully saturated rings. The van der Waals surface area contributed by atoms with Gasteiger partial charge in [-0.15, -0.1) is 0 Å². The molecule has 2 aromatic carbocycles. The van der Waals surface area contributed by atoms with E-state index in [0.29, 0.717) is 17.2 Å². The number of methoxy groups -OCH3 is 3. The maximum Gasteiger partial charge on any atom is 0.387 e. The molecule has 0 aliphatic heterocycles. The van der Waals surface area contributed by atoms with Crippen LogP contribution in [0.25, 0.3) is 0 Å². The minimum absolute atomic E-state index is 0.0571. The molecule has 0 bridgehead atoms. The van der Waals surface area contributed by atoms with Crippen LogP contribution in [-0.4, -0.2) is 40.1 Å². The lowest BCUT2D eigenvalue weighted by molar-refractivity contribution is -0.0499. The van der Waals surface area contributed by atoms with Crippen LogP contribution in [0.4, 0.5) is 8.78 Å². The number of para-hydroxylation sites is 1. The van der Waals surface area contributed by atoms with E-state index < -0.39 is 12.5 Å². The highest BCUT2D eigenvalue weighted by Crippen LogP contribution is 2.38. The predicted molar refractivity (Wildman–Crippen MR) is 94.2 cm³/mol. The van der Waals surface area contributed by atoms with Crippen LogP contribution in [0.2, 0.25) is 0 Å². The average Bonchev–Trinajstić information content (AvgIpc) is 2.67. The summed E-state index contributed by atoms with van der Waals surface area (Å²) in [6.07, 6.45) is 1.20. The zero-order chi connectivity index (χ0) is 19.8. The summed E-state index contributed by atoms with van der Waals surface area (Å²) < 4.78 is 44.8. The minimum atomic E-state index is -2.96. The normalized spacial score (nSPS) is 10.7. The highest BCUT2D eigenvalue weighted by molar-refractivity contribution is 5.96. The van der Waals surface area contributed by atoms with E-state index >= 15 is 0 Å². The van der Waals surface area contributed by atoms with Crippen molar-refractivity contribution in [1.82, 2.24) is 5.43 Å². The molecule has 1 N–H and O–H groups in total. The van der Waals surface area contributed by atoms with Crippen molar-refractivity contribution in [3.8, 4) is 23.0 Å². The number of hydrogen-bond donors (Lipinski definition) is 1. The van der Waals surface area contributed by atoms with Crippen LogP contribution < -0.4 is 24.4 Å². The molecule has 0 radical (unpaired) electrons. The monoisotopic (exact) mass is 380 g/mol. The molecule has 0 aromatic heterocycles. The quantitative estimate of drug-likeness (QED) is 0.563. The fraction of sp³-hybridized carbons (Fsp3) is 0.222. The van der Waals surface area contributed by atoms with Gasteiger partial charge in [-0.2, -0.15) is 13.9 Å². The molecule has 0 unspecified atom stereocenters. The molecule has 0 spiro atoms. The fourth-order valence-corrected chi connectivity index (χ4v) is 2.23. The van der Waals surface area contributed by atoms with Crippen LogP contribution in [0.1, 0.15) is 15.9 Å². The molecule has 27 heavy (non-hydrogen) atoms. The number of nitrogens with zero attached hydrogens (tertiary/aromatic N) is 1. The first-order chi connectivity index (χ1) is 13.0. The maximum atomic E-state index is 12.4. The molecule has 0 saturated heterocycles. The van der Waals surface area contributed by atoms with Crippen LogP contribution in [0, 0.1) is 0 Å². The summed E-state index contributed by atoms with van der Waals surface area (Å²) in [5, 5.41) is 3.78. The van der Waals surface area contributed by atoms with Gasteiger partial charge in [0.25, 0.3) is 5.91 Å². The Bertz CT molecular complexity index is 802. The number of ether oxygens (including phenoxy) is 4. The third kappa shape index (κ3) is 5.06. The fourth-order valence-electron chi connectivity index (χ4n) is 2.23. The van der Waals surface area contributed by atoms with Crippen molar-refractivity contribution in [2.75, 3.05) is 21.3 Å². The van der Waals surface area contributed by atoms with Gasteiger partial charge in [0.05, 0.1) is 27.5 Å². The standard InChI is InChI=1S/C18H18F2N2O5/c1-24-14-8-12(9-15(25-2)16(14)26-3)17(23)22-21-10-11-6-4-5-7-13(11)27-18(19)20/h4-10,18H,1-3H3,(H,22,23). The van der Waals surface area contributed by atoms with Crippen molar-refractivity contribution in [2.45, 2.75) is 6.61 Å². The van der Waals surface area contributed by atoms with Crippen LogP contribution in [-0.2, 0) is 0 Å². The number of carbonyl (C=O) groups excluding carboxylic acids is 1. The van der Waals surface area contributed by atoms with Gasteiger partial charge in [0.15, 0.2) is 11.5 Å². The molecular weight excluding hydrogens is 362 g/mol. The van der Waals surface area contributed by atoms with E-state index in [1.54, 1.807) is 12.1 Å². The van der Waals surface area contributed by atoms with Gasteiger partial charge in [0, 0.05) is 11.1 Å². The van der Waals surface area contributed by atoms with E-state index in [2.05, 4.69) is 15.3 Å². The summed E-state index contributed by atoms with van der Waals surface area (Å²) in [5.74, 6) is 0.345. The van der Waals surface area contributed by atoms with Gasteiger partial charge < -0.3 is 18.9 Å². The molecule has 0 aliphatic rings.